The zero-order chi connectivity index (χ0) is 13.0. The van der Waals surface area contributed by atoms with Crippen molar-refractivity contribution in [2.75, 3.05) is 18.0 Å². The summed E-state index contributed by atoms with van der Waals surface area (Å²) >= 11 is 0. The number of carbonyl (C=O) groups is 2. The molecule has 1 aromatic rings. The molecule has 1 fully saturated rings. The van der Waals surface area contributed by atoms with Gasteiger partial charge in [0.05, 0.1) is 0 Å². The predicted molar refractivity (Wildman–Crippen MR) is 69.2 cm³/mol. The van der Waals surface area contributed by atoms with E-state index in [4.69, 9.17) is 5.73 Å². The maximum Gasteiger partial charge on any atom is 0.319 e. The van der Waals surface area contributed by atoms with Gasteiger partial charge in [-0.3, -0.25) is 9.69 Å². The highest BCUT2D eigenvalue weighted by Gasteiger charge is 2.27. The molecule has 1 aliphatic heterocycles. The van der Waals surface area contributed by atoms with E-state index in [1.807, 2.05) is 30.3 Å². The first-order chi connectivity index (χ1) is 8.72. The molecule has 5 nitrogen and oxygen atoms in total. The zero-order valence-electron chi connectivity index (χ0n) is 10.2. The molecule has 0 unspecified atom stereocenters. The second kappa shape index (κ2) is 5.53. The van der Waals surface area contributed by atoms with Crippen LogP contribution in [0.2, 0.25) is 0 Å². The van der Waals surface area contributed by atoms with Crippen LogP contribution in [0.1, 0.15) is 12.8 Å². The Hall–Kier alpha value is -2.04. The van der Waals surface area contributed by atoms with Crippen molar-refractivity contribution in [2.45, 2.75) is 18.9 Å². The average molecular weight is 247 g/mol. The Kier molecular flexibility index (Phi) is 3.82. The summed E-state index contributed by atoms with van der Waals surface area (Å²) in [6.45, 7) is 1.34. The van der Waals surface area contributed by atoms with Crippen molar-refractivity contribution in [3.05, 3.63) is 30.3 Å². The minimum Gasteiger partial charge on any atom is -0.351 e. The molecule has 3 amide bonds. The van der Waals surface area contributed by atoms with E-state index < -0.39 is 6.03 Å². The van der Waals surface area contributed by atoms with Crippen LogP contribution in [-0.2, 0) is 4.79 Å². The molecule has 0 spiro atoms. The maximum absolute atomic E-state index is 11.6. The molecule has 1 heterocycles. The lowest BCUT2D eigenvalue weighted by Crippen LogP contribution is -2.49. The summed E-state index contributed by atoms with van der Waals surface area (Å²) in [7, 11) is 0. The van der Waals surface area contributed by atoms with E-state index in [0.29, 0.717) is 13.1 Å². The third kappa shape index (κ3) is 2.61. The SMILES string of the molecule is NC(=O)N(c1ccccc1)C1CCN(C=O)CC1. The number of amides is 3. The Labute approximate surface area is 106 Å². The number of anilines is 1. The van der Waals surface area contributed by atoms with Gasteiger partial charge in [-0.05, 0) is 25.0 Å². The molecule has 0 radical (unpaired) electrons. The number of likely N-dealkylation sites (tertiary alicyclic amines) is 1. The van der Waals surface area contributed by atoms with Crippen molar-refractivity contribution in [3.63, 3.8) is 0 Å². The fourth-order valence-corrected chi connectivity index (χ4v) is 2.36. The molecule has 5 heteroatoms. The van der Waals surface area contributed by atoms with Gasteiger partial charge in [-0.2, -0.15) is 0 Å². The van der Waals surface area contributed by atoms with E-state index in [0.717, 1.165) is 24.9 Å². The third-order valence-corrected chi connectivity index (χ3v) is 3.29. The molecule has 18 heavy (non-hydrogen) atoms. The van der Waals surface area contributed by atoms with Gasteiger partial charge in [-0.1, -0.05) is 18.2 Å². The van der Waals surface area contributed by atoms with Gasteiger partial charge >= 0.3 is 6.03 Å². The summed E-state index contributed by atoms with van der Waals surface area (Å²) in [5, 5.41) is 0. The maximum atomic E-state index is 11.6. The number of hydrogen-bond acceptors (Lipinski definition) is 2. The summed E-state index contributed by atoms with van der Waals surface area (Å²) in [4.78, 5) is 25.6. The Bertz CT molecular complexity index is 414. The Morgan fingerprint density at radius 1 is 1.28 bits per heavy atom. The molecule has 0 aliphatic carbocycles. The van der Waals surface area contributed by atoms with E-state index >= 15 is 0 Å². The van der Waals surface area contributed by atoms with Crippen molar-refractivity contribution in [2.24, 2.45) is 5.73 Å². The largest absolute Gasteiger partial charge is 0.351 e. The highest BCUT2D eigenvalue weighted by Crippen LogP contribution is 2.22. The molecule has 96 valence electrons. The average Bonchev–Trinajstić information content (AvgIpc) is 2.40. The third-order valence-electron chi connectivity index (χ3n) is 3.29. The minimum absolute atomic E-state index is 0.0705. The predicted octanol–water partition coefficient (Wildman–Crippen LogP) is 1.19. The zero-order valence-corrected chi connectivity index (χ0v) is 10.2. The molecular formula is C13H17N3O2. The van der Waals surface area contributed by atoms with Gasteiger partial charge < -0.3 is 10.6 Å². The van der Waals surface area contributed by atoms with Crippen LogP contribution in [0.25, 0.3) is 0 Å². The monoisotopic (exact) mass is 247 g/mol. The van der Waals surface area contributed by atoms with E-state index in [2.05, 4.69) is 0 Å². The molecule has 1 aromatic carbocycles. The number of nitrogens with zero attached hydrogens (tertiary/aromatic N) is 2. The summed E-state index contributed by atoms with van der Waals surface area (Å²) in [5.74, 6) is 0. The van der Waals surface area contributed by atoms with Gasteiger partial charge in [0.15, 0.2) is 0 Å². The number of urea groups is 1. The van der Waals surface area contributed by atoms with E-state index in [1.165, 1.54) is 0 Å². The topological polar surface area (TPSA) is 66.6 Å². The molecule has 0 atom stereocenters. The molecule has 0 bridgehead atoms. The fourth-order valence-electron chi connectivity index (χ4n) is 2.36. The lowest BCUT2D eigenvalue weighted by atomic mass is 10.0. The number of piperidine rings is 1. The summed E-state index contributed by atoms with van der Waals surface area (Å²) < 4.78 is 0. The first-order valence-corrected chi connectivity index (χ1v) is 6.05. The molecule has 1 saturated heterocycles. The summed E-state index contributed by atoms with van der Waals surface area (Å²) in [6, 6.07) is 9.04. The Morgan fingerprint density at radius 2 is 1.89 bits per heavy atom. The number of primary amides is 1. The Morgan fingerprint density at radius 3 is 2.39 bits per heavy atom. The number of carbonyl (C=O) groups excluding carboxylic acids is 2. The van der Waals surface area contributed by atoms with Gasteiger partial charge in [0.25, 0.3) is 0 Å². The van der Waals surface area contributed by atoms with Crippen LogP contribution in [0, 0.1) is 0 Å². The van der Waals surface area contributed by atoms with Crippen LogP contribution < -0.4 is 10.6 Å². The van der Waals surface area contributed by atoms with Crippen LogP contribution in [0.5, 0.6) is 0 Å². The van der Waals surface area contributed by atoms with E-state index in [9.17, 15) is 9.59 Å². The molecule has 0 aromatic heterocycles. The first-order valence-electron chi connectivity index (χ1n) is 6.05. The number of nitrogens with two attached hydrogens (primary N) is 1. The molecule has 2 N–H and O–H groups in total. The van der Waals surface area contributed by atoms with Crippen LogP contribution >= 0.6 is 0 Å². The van der Waals surface area contributed by atoms with Crippen LogP contribution in [0.4, 0.5) is 10.5 Å². The van der Waals surface area contributed by atoms with Crippen molar-refractivity contribution in [1.29, 1.82) is 0 Å². The van der Waals surface area contributed by atoms with Crippen molar-refractivity contribution in [3.8, 4) is 0 Å². The standard InChI is InChI=1S/C13H17N3O2/c14-13(18)16(11-4-2-1-3-5-11)12-6-8-15(10-17)9-7-12/h1-5,10,12H,6-9H2,(H2,14,18). The minimum atomic E-state index is -0.439. The highest BCUT2D eigenvalue weighted by molar-refractivity contribution is 5.91. The van der Waals surface area contributed by atoms with Gasteiger partial charge in [-0.15, -0.1) is 0 Å². The quantitative estimate of drug-likeness (QED) is 0.815. The van der Waals surface area contributed by atoms with Crippen LogP contribution in [0.15, 0.2) is 30.3 Å². The molecule has 1 aliphatic rings. The second-order valence-electron chi connectivity index (χ2n) is 4.42. The van der Waals surface area contributed by atoms with E-state index in [-0.39, 0.29) is 6.04 Å². The fraction of sp³-hybridized carbons (Fsp3) is 0.385. The number of rotatable bonds is 3. The first kappa shape index (κ1) is 12.4. The van der Waals surface area contributed by atoms with Gasteiger partial charge in [-0.25, -0.2) is 4.79 Å². The smallest absolute Gasteiger partial charge is 0.319 e. The lowest BCUT2D eigenvalue weighted by molar-refractivity contribution is -0.119. The highest BCUT2D eigenvalue weighted by atomic mass is 16.2. The van der Waals surface area contributed by atoms with Gasteiger partial charge in [0.2, 0.25) is 6.41 Å². The number of hydrogen-bond donors (Lipinski definition) is 1. The van der Waals surface area contributed by atoms with Crippen molar-refractivity contribution >= 4 is 18.1 Å². The summed E-state index contributed by atoms with van der Waals surface area (Å²) in [5.41, 5.74) is 6.28. The van der Waals surface area contributed by atoms with Gasteiger partial charge in [0.1, 0.15) is 0 Å². The number of benzene rings is 1. The Balaban J connectivity index is 2.12. The van der Waals surface area contributed by atoms with Gasteiger partial charge in [0, 0.05) is 24.8 Å². The van der Waals surface area contributed by atoms with Crippen LogP contribution in [0.3, 0.4) is 0 Å². The second-order valence-corrected chi connectivity index (χ2v) is 4.42. The number of para-hydroxylation sites is 1. The molecular weight excluding hydrogens is 230 g/mol. The van der Waals surface area contributed by atoms with Crippen molar-refractivity contribution in [1.82, 2.24) is 4.90 Å². The van der Waals surface area contributed by atoms with Crippen LogP contribution in [-0.4, -0.2) is 36.5 Å². The molecule has 0 saturated carbocycles. The normalized spacial score (nSPS) is 16.3. The van der Waals surface area contributed by atoms with E-state index in [1.54, 1.807) is 9.80 Å². The summed E-state index contributed by atoms with van der Waals surface area (Å²) in [6.07, 6.45) is 2.38. The molecule has 2 rings (SSSR count). The lowest BCUT2D eigenvalue weighted by Gasteiger charge is -2.36. The van der Waals surface area contributed by atoms with Crippen molar-refractivity contribution < 1.29 is 9.59 Å².